The molecule has 1 rings (SSSR count). The van der Waals surface area contributed by atoms with Crippen LogP contribution in [0.1, 0.15) is 13.8 Å². The molecule has 0 fully saturated rings. The largest absolute Gasteiger partial charge is 0.494 e. The second kappa shape index (κ2) is 5.68. The van der Waals surface area contributed by atoms with Gasteiger partial charge in [0.05, 0.1) is 7.11 Å². The minimum absolute atomic E-state index is 0.0168. The maximum absolute atomic E-state index is 12.0. The number of rotatable bonds is 6. The van der Waals surface area contributed by atoms with E-state index in [1.165, 1.54) is 13.2 Å². The van der Waals surface area contributed by atoms with Gasteiger partial charge in [0, 0.05) is 0 Å². The first-order chi connectivity index (χ1) is 8.29. The number of hydrogen-bond acceptors (Lipinski definition) is 5. The van der Waals surface area contributed by atoms with Crippen LogP contribution in [0.2, 0.25) is 0 Å². The van der Waals surface area contributed by atoms with Gasteiger partial charge in [-0.1, -0.05) is 13.8 Å². The Hall–Kier alpha value is -1.12. The van der Waals surface area contributed by atoms with E-state index in [1.54, 1.807) is 19.2 Å². The van der Waals surface area contributed by atoms with E-state index in [2.05, 4.69) is 4.72 Å². The highest BCUT2D eigenvalue weighted by Crippen LogP contribution is 2.29. The lowest BCUT2D eigenvalue weighted by molar-refractivity contribution is -0.140. The zero-order valence-electron chi connectivity index (χ0n) is 10.2. The fourth-order valence-electron chi connectivity index (χ4n) is 1.32. The van der Waals surface area contributed by atoms with Crippen LogP contribution >= 0.6 is 11.3 Å². The Morgan fingerprint density at radius 1 is 1.50 bits per heavy atom. The first kappa shape index (κ1) is 14.9. The molecular weight excluding hydrogens is 278 g/mol. The molecule has 1 atom stereocenters. The van der Waals surface area contributed by atoms with E-state index < -0.39 is 22.0 Å². The van der Waals surface area contributed by atoms with Gasteiger partial charge < -0.3 is 9.84 Å². The van der Waals surface area contributed by atoms with Gasteiger partial charge in [-0.15, -0.1) is 11.3 Å². The molecule has 8 heteroatoms. The lowest BCUT2D eigenvalue weighted by Gasteiger charge is -2.17. The fraction of sp³-hybridized carbons (Fsp3) is 0.500. The number of carboxylic acid groups (broad SMARTS) is 1. The molecule has 18 heavy (non-hydrogen) atoms. The highest BCUT2D eigenvalue weighted by Gasteiger charge is 2.30. The number of nitrogens with one attached hydrogen (secondary N) is 1. The highest BCUT2D eigenvalue weighted by atomic mass is 32.2. The van der Waals surface area contributed by atoms with Crippen LogP contribution in [-0.2, 0) is 14.8 Å². The summed E-state index contributed by atoms with van der Waals surface area (Å²) in [6.45, 7) is 3.26. The van der Waals surface area contributed by atoms with Crippen LogP contribution in [-0.4, -0.2) is 32.6 Å². The number of hydrogen-bond donors (Lipinski definition) is 2. The van der Waals surface area contributed by atoms with E-state index in [9.17, 15) is 13.2 Å². The minimum Gasteiger partial charge on any atom is -0.494 e. The van der Waals surface area contributed by atoms with Crippen LogP contribution in [0.5, 0.6) is 5.75 Å². The predicted molar refractivity (Wildman–Crippen MR) is 67.5 cm³/mol. The minimum atomic E-state index is -3.89. The van der Waals surface area contributed by atoms with E-state index in [0.29, 0.717) is 0 Å². The van der Waals surface area contributed by atoms with Gasteiger partial charge in [-0.05, 0) is 17.4 Å². The van der Waals surface area contributed by atoms with Crippen molar-refractivity contribution >= 4 is 27.3 Å². The van der Waals surface area contributed by atoms with Crippen LogP contribution in [0.15, 0.2) is 15.7 Å². The van der Waals surface area contributed by atoms with Crippen molar-refractivity contribution in [2.24, 2.45) is 5.92 Å². The summed E-state index contributed by atoms with van der Waals surface area (Å²) in [5, 5.41) is 10.5. The Morgan fingerprint density at radius 2 is 2.11 bits per heavy atom. The van der Waals surface area contributed by atoms with Gasteiger partial charge in [0.25, 0.3) is 10.0 Å². The van der Waals surface area contributed by atoms with Gasteiger partial charge in [0.2, 0.25) is 0 Å². The molecule has 0 aliphatic heterocycles. The molecular formula is C10H15NO5S2. The molecule has 0 bridgehead atoms. The molecule has 0 saturated carbocycles. The van der Waals surface area contributed by atoms with Crippen molar-refractivity contribution in [3.63, 3.8) is 0 Å². The molecule has 102 valence electrons. The van der Waals surface area contributed by atoms with E-state index in [-0.39, 0.29) is 15.9 Å². The first-order valence-electron chi connectivity index (χ1n) is 5.16. The average molecular weight is 293 g/mol. The topological polar surface area (TPSA) is 92.7 Å². The summed E-state index contributed by atoms with van der Waals surface area (Å²) in [5.74, 6) is -1.35. The first-order valence-corrected chi connectivity index (χ1v) is 7.52. The maximum Gasteiger partial charge on any atom is 0.322 e. The number of thiophene rings is 1. The third-order valence-corrected chi connectivity index (χ3v) is 5.16. The number of carboxylic acids is 1. The Morgan fingerprint density at radius 3 is 2.56 bits per heavy atom. The molecule has 0 aliphatic rings. The quantitative estimate of drug-likeness (QED) is 0.820. The second-order valence-corrected chi connectivity index (χ2v) is 6.78. The summed E-state index contributed by atoms with van der Waals surface area (Å²) in [7, 11) is -2.53. The zero-order valence-corrected chi connectivity index (χ0v) is 11.8. The van der Waals surface area contributed by atoms with Crippen molar-refractivity contribution in [2.75, 3.05) is 7.11 Å². The molecule has 0 radical (unpaired) electrons. The molecule has 0 amide bonds. The molecule has 0 aromatic carbocycles. The second-order valence-electron chi connectivity index (χ2n) is 3.96. The van der Waals surface area contributed by atoms with Crippen molar-refractivity contribution in [1.82, 2.24) is 4.72 Å². The highest BCUT2D eigenvalue weighted by molar-refractivity contribution is 7.91. The predicted octanol–water partition coefficient (Wildman–Crippen LogP) is 1.14. The number of ether oxygens (including phenoxy) is 1. The Kier molecular flexibility index (Phi) is 4.71. The molecule has 1 aromatic rings. The van der Waals surface area contributed by atoms with E-state index in [0.717, 1.165) is 11.3 Å². The van der Waals surface area contributed by atoms with Crippen LogP contribution in [0.3, 0.4) is 0 Å². The van der Waals surface area contributed by atoms with Crippen molar-refractivity contribution in [2.45, 2.75) is 24.1 Å². The summed E-state index contributed by atoms with van der Waals surface area (Å²) < 4.78 is 31.2. The molecule has 0 saturated heterocycles. The van der Waals surface area contributed by atoms with Crippen molar-refractivity contribution in [3.8, 4) is 5.75 Å². The standard InChI is InChI=1S/C10H15NO5S2/c1-6(2)8(9(12)13)11-18(14,15)10-7(16-3)4-5-17-10/h4-6,8,11H,1-3H3,(H,12,13)/t8-/m0/s1. The van der Waals surface area contributed by atoms with Gasteiger partial charge >= 0.3 is 5.97 Å². The molecule has 1 heterocycles. The molecule has 0 aliphatic carbocycles. The number of carbonyl (C=O) groups is 1. The SMILES string of the molecule is COc1ccsc1S(=O)(=O)N[C@H](C(=O)O)C(C)C. The molecule has 6 nitrogen and oxygen atoms in total. The van der Waals surface area contributed by atoms with Crippen molar-refractivity contribution in [3.05, 3.63) is 11.4 Å². The number of methoxy groups -OCH3 is 1. The summed E-state index contributed by atoms with van der Waals surface area (Å²) in [4.78, 5) is 11.0. The van der Waals surface area contributed by atoms with Crippen LogP contribution < -0.4 is 9.46 Å². The van der Waals surface area contributed by atoms with E-state index in [1.807, 2.05) is 0 Å². The third-order valence-electron chi connectivity index (χ3n) is 2.27. The number of sulfonamides is 1. The Labute approximate surface area is 110 Å². The van der Waals surface area contributed by atoms with Crippen LogP contribution in [0, 0.1) is 5.92 Å². The smallest absolute Gasteiger partial charge is 0.322 e. The molecule has 1 aromatic heterocycles. The summed E-state index contributed by atoms with van der Waals surface area (Å²) in [5.41, 5.74) is 0. The Bertz CT molecular complexity index is 520. The zero-order chi connectivity index (χ0) is 13.9. The van der Waals surface area contributed by atoms with Crippen molar-refractivity contribution < 1.29 is 23.1 Å². The third kappa shape index (κ3) is 3.21. The van der Waals surface area contributed by atoms with Crippen LogP contribution in [0.25, 0.3) is 0 Å². The summed E-state index contributed by atoms with van der Waals surface area (Å²) in [6.07, 6.45) is 0. The molecule has 0 spiro atoms. The van der Waals surface area contributed by atoms with Gasteiger partial charge in [-0.25, -0.2) is 8.42 Å². The lowest BCUT2D eigenvalue weighted by Crippen LogP contribution is -2.44. The lowest BCUT2D eigenvalue weighted by atomic mass is 10.1. The normalized spacial score (nSPS) is 13.6. The Balaban J connectivity index is 3.05. The monoisotopic (exact) mass is 293 g/mol. The van der Waals surface area contributed by atoms with Gasteiger partial charge in [0.15, 0.2) is 4.21 Å². The number of aliphatic carboxylic acids is 1. The van der Waals surface area contributed by atoms with Gasteiger partial charge in [0.1, 0.15) is 11.8 Å². The van der Waals surface area contributed by atoms with E-state index in [4.69, 9.17) is 9.84 Å². The molecule has 0 unspecified atom stereocenters. The van der Waals surface area contributed by atoms with Gasteiger partial charge in [-0.3, -0.25) is 4.79 Å². The van der Waals surface area contributed by atoms with Crippen molar-refractivity contribution in [1.29, 1.82) is 0 Å². The molecule has 2 N–H and O–H groups in total. The average Bonchev–Trinajstić information content (AvgIpc) is 2.73. The van der Waals surface area contributed by atoms with Gasteiger partial charge in [-0.2, -0.15) is 4.72 Å². The maximum atomic E-state index is 12.0. The fourth-order valence-corrected chi connectivity index (χ4v) is 3.95. The van der Waals surface area contributed by atoms with E-state index >= 15 is 0 Å². The van der Waals surface area contributed by atoms with Crippen LogP contribution in [0.4, 0.5) is 0 Å². The summed E-state index contributed by atoms with van der Waals surface area (Å²) >= 11 is 0.978. The summed E-state index contributed by atoms with van der Waals surface area (Å²) in [6, 6.07) is 0.353.